The van der Waals surface area contributed by atoms with Crippen LogP contribution in [-0.4, -0.2) is 6.16 Å². The first-order chi connectivity index (χ1) is 4.20. The van der Waals surface area contributed by atoms with Crippen LogP contribution < -0.4 is 0 Å². The SMILES string of the molecule is CC1=C(Cl)C=CP(Cl)C1. The Morgan fingerprint density at radius 3 is 2.78 bits per heavy atom. The van der Waals surface area contributed by atoms with Crippen LogP contribution in [0.5, 0.6) is 0 Å². The third-order valence-electron chi connectivity index (χ3n) is 1.18. The van der Waals surface area contributed by atoms with Crippen LogP contribution in [-0.2, 0) is 0 Å². The molecule has 0 aromatic heterocycles. The van der Waals surface area contributed by atoms with Crippen molar-refractivity contribution in [2.75, 3.05) is 6.16 Å². The normalized spacial score (nSPS) is 27.2. The third kappa shape index (κ3) is 1.97. The standard InChI is InChI=1S/C6H7Cl2P/c1-5-4-9(8)3-2-6(5)7/h2-3H,4H2,1H3. The topological polar surface area (TPSA) is 0 Å². The lowest BCUT2D eigenvalue weighted by molar-refractivity contribution is 1.38. The summed E-state index contributed by atoms with van der Waals surface area (Å²) in [4.78, 5) is 0. The molecule has 9 heavy (non-hydrogen) atoms. The molecule has 1 aliphatic rings. The molecule has 0 radical (unpaired) electrons. The van der Waals surface area contributed by atoms with Gasteiger partial charge in [-0.15, -0.1) is 0 Å². The zero-order chi connectivity index (χ0) is 6.85. The van der Waals surface area contributed by atoms with Crippen LogP contribution in [0.3, 0.4) is 0 Å². The first-order valence-corrected chi connectivity index (χ1v) is 5.54. The quantitative estimate of drug-likeness (QED) is 0.500. The van der Waals surface area contributed by atoms with Gasteiger partial charge in [0.05, 0.1) is 0 Å². The molecule has 3 heteroatoms. The van der Waals surface area contributed by atoms with Crippen molar-refractivity contribution in [3.63, 3.8) is 0 Å². The van der Waals surface area contributed by atoms with Crippen molar-refractivity contribution in [2.45, 2.75) is 6.92 Å². The lowest BCUT2D eigenvalue weighted by atomic mass is 10.3. The highest BCUT2D eigenvalue weighted by Gasteiger charge is 2.08. The van der Waals surface area contributed by atoms with E-state index in [1.165, 1.54) is 5.57 Å². The highest BCUT2D eigenvalue weighted by Crippen LogP contribution is 2.48. The fourth-order valence-corrected chi connectivity index (χ4v) is 2.70. The maximum Gasteiger partial charge on any atom is 0.0400 e. The lowest BCUT2D eigenvalue weighted by Gasteiger charge is -2.10. The van der Waals surface area contributed by atoms with E-state index >= 15 is 0 Å². The van der Waals surface area contributed by atoms with Gasteiger partial charge in [-0.05, 0) is 24.4 Å². The van der Waals surface area contributed by atoms with E-state index in [0.717, 1.165) is 11.2 Å². The van der Waals surface area contributed by atoms with E-state index in [0.29, 0.717) is 0 Å². The molecule has 50 valence electrons. The molecule has 0 amide bonds. The smallest absolute Gasteiger partial charge is 0.0400 e. The van der Waals surface area contributed by atoms with Crippen molar-refractivity contribution in [1.82, 2.24) is 0 Å². The second-order valence-corrected chi connectivity index (χ2v) is 5.13. The van der Waals surface area contributed by atoms with Crippen LogP contribution in [0.2, 0.25) is 0 Å². The minimum atomic E-state index is -0.408. The van der Waals surface area contributed by atoms with E-state index in [2.05, 4.69) is 0 Å². The molecule has 0 nitrogen and oxygen atoms in total. The van der Waals surface area contributed by atoms with Crippen molar-refractivity contribution >= 4 is 30.1 Å². The van der Waals surface area contributed by atoms with Crippen LogP contribution in [0.4, 0.5) is 0 Å². The van der Waals surface area contributed by atoms with Gasteiger partial charge in [-0.1, -0.05) is 22.8 Å². The summed E-state index contributed by atoms with van der Waals surface area (Å²) in [5.41, 5.74) is 1.21. The Balaban J connectivity index is 2.75. The van der Waals surface area contributed by atoms with Crippen molar-refractivity contribution in [2.24, 2.45) is 0 Å². The highest BCUT2D eigenvalue weighted by molar-refractivity contribution is 7.86. The Morgan fingerprint density at radius 1 is 1.67 bits per heavy atom. The molecule has 0 aromatic carbocycles. The molecular formula is C6H7Cl2P. The maximum absolute atomic E-state index is 5.86. The Labute approximate surface area is 66.1 Å². The van der Waals surface area contributed by atoms with E-state index in [1.807, 2.05) is 18.8 Å². The molecule has 1 aliphatic heterocycles. The predicted molar refractivity (Wildman–Crippen MR) is 45.3 cm³/mol. The Morgan fingerprint density at radius 2 is 2.33 bits per heavy atom. The molecule has 1 unspecified atom stereocenters. The van der Waals surface area contributed by atoms with Gasteiger partial charge in [0, 0.05) is 18.5 Å². The summed E-state index contributed by atoms with van der Waals surface area (Å²) in [5.74, 6) is 1.98. The number of allylic oxidation sites excluding steroid dienone is 3. The second-order valence-electron chi connectivity index (χ2n) is 2.00. The zero-order valence-electron chi connectivity index (χ0n) is 5.06. The van der Waals surface area contributed by atoms with E-state index in [9.17, 15) is 0 Å². The van der Waals surface area contributed by atoms with Gasteiger partial charge in [0.2, 0.25) is 0 Å². The van der Waals surface area contributed by atoms with Gasteiger partial charge < -0.3 is 0 Å². The Bertz CT molecular complexity index is 172. The summed E-state index contributed by atoms with van der Waals surface area (Å²) in [6.07, 6.45) is 2.84. The maximum atomic E-state index is 5.86. The minimum Gasteiger partial charge on any atom is -0.0915 e. The Kier molecular flexibility index (Phi) is 2.58. The third-order valence-corrected chi connectivity index (χ3v) is 3.57. The van der Waals surface area contributed by atoms with Crippen molar-refractivity contribution in [3.05, 3.63) is 22.5 Å². The summed E-state index contributed by atoms with van der Waals surface area (Å²) < 4.78 is 0. The van der Waals surface area contributed by atoms with Crippen LogP contribution in [0.1, 0.15) is 6.92 Å². The number of rotatable bonds is 0. The predicted octanol–water partition coefficient (Wildman–Crippen LogP) is 3.66. The molecule has 0 saturated heterocycles. The van der Waals surface area contributed by atoms with E-state index in [4.69, 9.17) is 22.8 Å². The average molecular weight is 181 g/mol. The molecule has 1 atom stereocenters. The summed E-state index contributed by atoms with van der Waals surface area (Å²) >= 11 is 11.6. The number of hydrogen-bond acceptors (Lipinski definition) is 0. The molecule has 0 saturated carbocycles. The fraction of sp³-hybridized carbons (Fsp3) is 0.333. The van der Waals surface area contributed by atoms with Crippen molar-refractivity contribution in [1.29, 1.82) is 0 Å². The number of halogens is 2. The minimum absolute atomic E-state index is 0.408. The molecule has 0 aliphatic carbocycles. The molecule has 0 fully saturated rings. The van der Waals surface area contributed by atoms with Crippen LogP contribution >= 0.6 is 30.1 Å². The summed E-state index contributed by atoms with van der Waals surface area (Å²) in [7, 11) is -0.408. The van der Waals surface area contributed by atoms with Crippen LogP contribution in [0.25, 0.3) is 0 Å². The molecule has 0 N–H and O–H groups in total. The van der Waals surface area contributed by atoms with Crippen molar-refractivity contribution in [3.8, 4) is 0 Å². The van der Waals surface area contributed by atoms with E-state index < -0.39 is 7.27 Å². The monoisotopic (exact) mass is 180 g/mol. The summed E-state index contributed by atoms with van der Waals surface area (Å²) in [5, 5.41) is 0.856. The van der Waals surface area contributed by atoms with E-state index in [-0.39, 0.29) is 0 Å². The van der Waals surface area contributed by atoms with Gasteiger partial charge >= 0.3 is 0 Å². The average Bonchev–Trinajstić information content (AvgIpc) is 1.80. The van der Waals surface area contributed by atoms with Gasteiger partial charge in [-0.2, -0.15) is 0 Å². The lowest BCUT2D eigenvalue weighted by Crippen LogP contribution is -1.87. The van der Waals surface area contributed by atoms with Crippen molar-refractivity contribution < 1.29 is 0 Å². The largest absolute Gasteiger partial charge is 0.0915 e. The molecule has 0 aromatic rings. The highest BCUT2D eigenvalue weighted by atomic mass is 35.7. The molecule has 0 bridgehead atoms. The van der Waals surface area contributed by atoms with Gasteiger partial charge in [-0.3, -0.25) is 0 Å². The first-order valence-electron chi connectivity index (χ1n) is 2.66. The Hall–Kier alpha value is 0.490. The molecule has 1 rings (SSSR count). The summed E-state index contributed by atoms with van der Waals surface area (Å²) in [6, 6.07) is 0. The zero-order valence-corrected chi connectivity index (χ0v) is 7.47. The van der Waals surface area contributed by atoms with E-state index in [1.54, 1.807) is 0 Å². The van der Waals surface area contributed by atoms with Gasteiger partial charge in [0.25, 0.3) is 0 Å². The fourth-order valence-electron chi connectivity index (χ4n) is 0.643. The molecular weight excluding hydrogens is 174 g/mol. The van der Waals surface area contributed by atoms with Gasteiger partial charge in [0.15, 0.2) is 0 Å². The van der Waals surface area contributed by atoms with Gasteiger partial charge in [0.1, 0.15) is 0 Å². The number of hydrogen-bond donors (Lipinski definition) is 0. The second kappa shape index (κ2) is 3.05. The molecule has 0 spiro atoms. The van der Waals surface area contributed by atoms with Gasteiger partial charge in [-0.25, -0.2) is 0 Å². The molecule has 1 heterocycles. The summed E-state index contributed by atoms with van der Waals surface area (Å²) in [6.45, 7) is 2.02. The van der Waals surface area contributed by atoms with Crippen LogP contribution in [0, 0.1) is 0 Å². The van der Waals surface area contributed by atoms with Crippen LogP contribution in [0.15, 0.2) is 22.5 Å². The first kappa shape index (κ1) is 7.60.